The molecule has 0 heterocycles. The SMILES string of the molecule is CCCNC(=O)CNCCN(C)CC. The minimum Gasteiger partial charge on any atom is -0.355 e. The van der Waals surface area contributed by atoms with Crippen LogP contribution in [-0.2, 0) is 4.79 Å². The fourth-order valence-electron chi connectivity index (χ4n) is 0.957. The molecule has 4 nitrogen and oxygen atoms in total. The summed E-state index contributed by atoms with van der Waals surface area (Å²) in [5.41, 5.74) is 0. The number of nitrogens with one attached hydrogen (secondary N) is 2. The van der Waals surface area contributed by atoms with E-state index in [-0.39, 0.29) is 5.91 Å². The highest BCUT2D eigenvalue weighted by atomic mass is 16.1. The monoisotopic (exact) mass is 201 g/mol. The standard InChI is InChI=1S/C10H23N3O/c1-4-6-12-10(14)9-11-7-8-13(3)5-2/h11H,4-9H2,1-3H3,(H,12,14). The summed E-state index contributed by atoms with van der Waals surface area (Å²) in [6, 6.07) is 0. The van der Waals surface area contributed by atoms with Gasteiger partial charge in [0, 0.05) is 19.6 Å². The first-order valence-electron chi connectivity index (χ1n) is 5.36. The summed E-state index contributed by atoms with van der Waals surface area (Å²) in [6.07, 6.45) is 0.990. The van der Waals surface area contributed by atoms with Gasteiger partial charge in [-0.3, -0.25) is 4.79 Å². The first-order valence-corrected chi connectivity index (χ1v) is 5.36. The van der Waals surface area contributed by atoms with Gasteiger partial charge >= 0.3 is 0 Å². The summed E-state index contributed by atoms with van der Waals surface area (Å²) in [4.78, 5) is 13.3. The van der Waals surface area contributed by atoms with Gasteiger partial charge in [-0.25, -0.2) is 0 Å². The molecule has 14 heavy (non-hydrogen) atoms. The average molecular weight is 201 g/mol. The molecule has 0 atom stereocenters. The van der Waals surface area contributed by atoms with Crippen molar-refractivity contribution in [2.45, 2.75) is 20.3 Å². The van der Waals surface area contributed by atoms with Gasteiger partial charge in [-0.1, -0.05) is 13.8 Å². The van der Waals surface area contributed by atoms with E-state index in [0.717, 1.165) is 32.6 Å². The van der Waals surface area contributed by atoms with Crippen molar-refractivity contribution in [3.05, 3.63) is 0 Å². The van der Waals surface area contributed by atoms with E-state index in [4.69, 9.17) is 0 Å². The van der Waals surface area contributed by atoms with Crippen LogP contribution in [0.3, 0.4) is 0 Å². The molecule has 84 valence electrons. The Morgan fingerprint density at radius 3 is 2.57 bits per heavy atom. The molecule has 0 rings (SSSR count). The largest absolute Gasteiger partial charge is 0.355 e. The Hall–Kier alpha value is -0.610. The predicted octanol–water partition coefficient (Wildman–Crippen LogP) is 0.0539. The van der Waals surface area contributed by atoms with Crippen molar-refractivity contribution in [1.82, 2.24) is 15.5 Å². The summed E-state index contributed by atoms with van der Waals surface area (Å²) >= 11 is 0. The molecule has 0 aromatic rings. The first kappa shape index (κ1) is 13.4. The Balaban J connectivity index is 3.22. The van der Waals surface area contributed by atoms with Gasteiger partial charge in [0.1, 0.15) is 0 Å². The number of carbonyl (C=O) groups is 1. The minimum absolute atomic E-state index is 0.0889. The highest BCUT2D eigenvalue weighted by molar-refractivity contribution is 5.77. The minimum atomic E-state index is 0.0889. The maximum Gasteiger partial charge on any atom is 0.233 e. The number of hydrogen-bond donors (Lipinski definition) is 2. The van der Waals surface area contributed by atoms with Crippen molar-refractivity contribution >= 4 is 5.91 Å². The van der Waals surface area contributed by atoms with Crippen LogP contribution < -0.4 is 10.6 Å². The molecule has 0 radical (unpaired) electrons. The van der Waals surface area contributed by atoms with Crippen LogP contribution in [0.5, 0.6) is 0 Å². The molecule has 0 aliphatic carbocycles. The normalized spacial score (nSPS) is 10.6. The summed E-state index contributed by atoms with van der Waals surface area (Å²) < 4.78 is 0. The van der Waals surface area contributed by atoms with E-state index < -0.39 is 0 Å². The van der Waals surface area contributed by atoms with Crippen LogP contribution in [0.25, 0.3) is 0 Å². The van der Waals surface area contributed by atoms with Crippen LogP contribution in [0, 0.1) is 0 Å². The van der Waals surface area contributed by atoms with E-state index in [2.05, 4.69) is 29.5 Å². The van der Waals surface area contributed by atoms with Crippen LogP contribution in [0.2, 0.25) is 0 Å². The van der Waals surface area contributed by atoms with Gasteiger partial charge in [-0.2, -0.15) is 0 Å². The highest BCUT2D eigenvalue weighted by Gasteiger charge is 1.98. The van der Waals surface area contributed by atoms with E-state index in [9.17, 15) is 4.79 Å². The van der Waals surface area contributed by atoms with E-state index >= 15 is 0 Å². The van der Waals surface area contributed by atoms with E-state index in [0.29, 0.717) is 6.54 Å². The summed E-state index contributed by atoms with van der Waals surface area (Å²) in [5, 5.41) is 5.92. The van der Waals surface area contributed by atoms with Gasteiger partial charge < -0.3 is 15.5 Å². The third kappa shape index (κ3) is 8.01. The smallest absolute Gasteiger partial charge is 0.233 e. The molecule has 0 bridgehead atoms. The summed E-state index contributed by atoms with van der Waals surface area (Å²) in [6.45, 7) is 8.26. The lowest BCUT2D eigenvalue weighted by molar-refractivity contribution is -0.120. The van der Waals surface area contributed by atoms with Crippen molar-refractivity contribution in [3.8, 4) is 0 Å². The number of amides is 1. The van der Waals surface area contributed by atoms with Gasteiger partial charge in [0.05, 0.1) is 6.54 Å². The molecule has 0 spiro atoms. The first-order chi connectivity index (χ1) is 6.70. The lowest BCUT2D eigenvalue weighted by atomic mass is 10.4. The fraction of sp³-hybridized carbons (Fsp3) is 0.900. The van der Waals surface area contributed by atoms with E-state index in [1.54, 1.807) is 0 Å². The van der Waals surface area contributed by atoms with Crippen molar-refractivity contribution in [2.24, 2.45) is 0 Å². The van der Waals surface area contributed by atoms with Gasteiger partial charge in [-0.15, -0.1) is 0 Å². The third-order valence-corrected chi connectivity index (χ3v) is 2.07. The number of hydrogen-bond acceptors (Lipinski definition) is 3. The van der Waals surface area contributed by atoms with Crippen LogP contribution in [-0.4, -0.2) is 50.6 Å². The Bertz CT molecular complexity index is 150. The number of nitrogens with zero attached hydrogens (tertiary/aromatic N) is 1. The van der Waals surface area contributed by atoms with Gasteiger partial charge in [0.15, 0.2) is 0 Å². The second-order valence-electron chi connectivity index (χ2n) is 3.42. The van der Waals surface area contributed by atoms with Crippen LogP contribution in [0.4, 0.5) is 0 Å². The maximum absolute atomic E-state index is 11.1. The predicted molar refractivity (Wildman–Crippen MR) is 59.3 cm³/mol. The second kappa shape index (κ2) is 8.97. The van der Waals surface area contributed by atoms with Crippen molar-refractivity contribution in [1.29, 1.82) is 0 Å². The molecule has 2 N–H and O–H groups in total. The zero-order valence-corrected chi connectivity index (χ0v) is 9.60. The van der Waals surface area contributed by atoms with Crippen molar-refractivity contribution in [3.63, 3.8) is 0 Å². The van der Waals surface area contributed by atoms with Crippen molar-refractivity contribution < 1.29 is 4.79 Å². The fourth-order valence-corrected chi connectivity index (χ4v) is 0.957. The molecule has 0 aromatic carbocycles. The Morgan fingerprint density at radius 2 is 2.00 bits per heavy atom. The lowest BCUT2D eigenvalue weighted by Crippen LogP contribution is -2.37. The Labute approximate surface area is 87.0 Å². The van der Waals surface area contributed by atoms with Gasteiger partial charge in [-0.05, 0) is 20.0 Å². The molecule has 0 unspecified atom stereocenters. The number of rotatable bonds is 8. The molecular weight excluding hydrogens is 178 g/mol. The number of likely N-dealkylation sites (N-methyl/N-ethyl adjacent to an activating group) is 1. The second-order valence-corrected chi connectivity index (χ2v) is 3.42. The molecule has 0 aliphatic heterocycles. The molecule has 0 saturated carbocycles. The topological polar surface area (TPSA) is 44.4 Å². The van der Waals surface area contributed by atoms with E-state index in [1.165, 1.54) is 0 Å². The molecule has 0 fully saturated rings. The highest BCUT2D eigenvalue weighted by Crippen LogP contribution is 1.77. The maximum atomic E-state index is 11.1. The molecular formula is C10H23N3O. The van der Waals surface area contributed by atoms with Crippen LogP contribution >= 0.6 is 0 Å². The molecule has 0 aliphatic rings. The molecule has 1 amide bonds. The van der Waals surface area contributed by atoms with Gasteiger partial charge in [0.2, 0.25) is 5.91 Å². The summed E-state index contributed by atoms with van der Waals surface area (Å²) in [5.74, 6) is 0.0889. The van der Waals surface area contributed by atoms with Crippen LogP contribution in [0.1, 0.15) is 20.3 Å². The number of carbonyl (C=O) groups excluding carboxylic acids is 1. The van der Waals surface area contributed by atoms with E-state index in [1.807, 2.05) is 6.92 Å². The lowest BCUT2D eigenvalue weighted by Gasteiger charge is -2.13. The zero-order valence-electron chi connectivity index (χ0n) is 9.60. The molecule has 0 aromatic heterocycles. The Kier molecular flexibility index (Phi) is 8.57. The molecule has 4 heteroatoms. The zero-order chi connectivity index (χ0) is 10.8. The Morgan fingerprint density at radius 1 is 1.29 bits per heavy atom. The third-order valence-electron chi connectivity index (χ3n) is 2.07. The van der Waals surface area contributed by atoms with Crippen LogP contribution in [0.15, 0.2) is 0 Å². The quantitative estimate of drug-likeness (QED) is 0.546. The summed E-state index contributed by atoms with van der Waals surface area (Å²) in [7, 11) is 2.07. The molecule has 0 saturated heterocycles. The van der Waals surface area contributed by atoms with Gasteiger partial charge in [0.25, 0.3) is 0 Å². The van der Waals surface area contributed by atoms with Crippen molar-refractivity contribution in [2.75, 3.05) is 39.8 Å². The average Bonchev–Trinajstić information content (AvgIpc) is 2.21.